The molecular weight excluding hydrogens is 328 g/mol. The number of para-hydroxylation sites is 2. The van der Waals surface area contributed by atoms with Gasteiger partial charge >= 0.3 is 0 Å². The highest BCUT2D eigenvalue weighted by Crippen LogP contribution is 2.29. The highest BCUT2D eigenvalue weighted by Gasteiger charge is 2.15. The Balaban J connectivity index is 1.69. The van der Waals surface area contributed by atoms with E-state index in [4.69, 9.17) is 4.74 Å². The summed E-state index contributed by atoms with van der Waals surface area (Å²) >= 11 is 3.06. The second-order valence-electron chi connectivity index (χ2n) is 4.86. The lowest BCUT2D eigenvalue weighted by Crippen LogP contribution is -2.31. The second-order valence-corrected chi connectivity index (χ2v) is 6.70. The van der Waals surface area contributed by atoms with Crippen LogP contribution in [0.5, 0.6) is 5.19 Å². The zero-order chi connectivity index (χ0) is 16.2. The predicted molar refractivity (Wildman–Crippen MR) is 96.7 cm³/mol. The third kappa shape index (κ3) is 3.48. The highest BCUT2D eigenvalue weighted by atomic mass is 32.2. The number of anilines is 1. The Kier molecular flexibility index (Phi) is 4.83. The molecule has 2 aromatic carbocycles. The molecular formula is C17H16N2O2S2. The summed E-state index contributed by atoms with van der Waals surface area (Å²) in [4.78, 5) is 19.4. The largest absolute Gasteiger partial charge is 0.460 e. The summed E-state index contributed by atoms with van der Waals surface area (Å²) in [5.74, 6) is -0.106. The molecule has 0 unspecified atom stereocenters. The molecule has 0 bridgehead atoms. The van der Waals surface area contributed by atoms with Crippen molar-refractivity contribution in [3.05, 3.63) is 48.5 Å². The third-order valence-electron chi connectivity index (χ3n) is 3.41. The molecule has 4 nitrogen and oxygen atoms in total. The van der Waals surface area contributed by atoms with E-state index in [1.807, 2.05) is 54.8 Å². The summed E-state index contributed by atoms with van der Waals surface area (Å²) in [6.45, 7) is -0.0287. The number of thioether (sulfide) groups is 1. The molecule has 0 atom stereocenters. The van der Waals surface area contributed by atoms with Crippen LogP contribution >= 0.6 is 23.1 Å². The molecule has 23 heavy (non-hydrogen) atoms. The lowest BCUT2D eigenvalue weighted by atomic mass is 10.3. The van der Waals surface area contributed by atoms with E-state index < -0.39 is 0 Å². The number of rotatable bonds is 5. The number of amides is 1. The minimum atomic E-state index is -0.106. The van der Waals surface area contributed by atoms with Crippen molar-refractivity contribution in [3.63, 3.8) is 0 Å². The number of hydrogen-bond acceptors (Lipinski definition) is 5. The van der Waals surface area contributed by atoms with Crippen LogP contribution in [0.25, 0.3) is 10.2 Å². The number of aromatic nitrogens is 1. The van der Waals surface area contributed by atoms with Crippen LogP contribution < -0.4 is 9.64 Å². The molecule has 0 aliphatic heterocycles. The van der Waals surface area contributed by atoms with Crippen LogP contribution in [0.1, 0.15) is 0 Å². The third-order valence-corrected chi connectivity index (χ3v) is 5.15. The molecule has 0 aliphatic rings. The van der Waals surface area contributed by atoms with Crippen LogP contribution in [0.2, 0.25) is 0 Å². The maximum atomic E-state index is 12.4. The first-order valence-corrected chi connectivity index (χ1v) is 9.11. The number of nitrogens with zero attached hydrogens (tertiary/aromatic N) is 2. The van der Waals surface area contributed by atoms with E-state index in [-0.39, 0.29) is 12.5 Å². The molecule has 3 rings (SSSR count). The molecule has 1 amide bonds. The monoisotopic (exact) mass is 344 g/mol. The van der Waals surface area contributed by atoms with Crippen LogP contribution in [-0.4, -0.2) is 30.8 Å². The van der Waals surface area contributed by atoms with Gasteiger partial charge in [-0.15, -0.1) is 11.8 Å². The molecule has 1 aromatic heterocycles. The fourth-order valence-electron chi connectivity index (χ4n) is 2.17. The van der Waals surface area contributed by atoms with Crippen molar-refractivity contribution in [2.45, 2.75) is 4.90 Å². The lowest BCUT2D eigenvalue weighted by Gasteiger charge is -2.19. The molecule has 0 fully saturated rings. The number of likely N-dealkylation sites (N-methyl/N-ethyl adjacent to an activating group) is 1. The van der Waals surface area contributed by atoms with E-state index in [1.54, 1.807) is 23.7 Å². The molecule has 0 aliphatic carbocycles. The van der Waals surface area contributed by atoms with Gasteiger partial charge in [0.05, 0.1) is 15.9 Å². The Hall–Kier alpha value is -2.05. The quantitative estimate of drug-likeness (QED) is 0.655. The van der Waals surface area contributed by atoms with Crippen LogP contribution in [-0.2, 0) is 4.79 Å². The lowest BCUT2D eigenvalue weighted by molar-refractivity contribution is -0.120. The molecule has 0 N–H and O–H groups in total. The number of fused-ring (bicyclic) bond motifs is 1. The van der Waals surface area contributed by atoms with E-state index in [0.29, 0.717) is 5.19 Å². The zero-order valence-corrected chi connectivity index (χ0v) is 14.5. The van der Waals surface area contributed by atoms with Crippen LogP contribution in [0, 0.1) is 0 Å². The highest BCUT2D eigenvalue weighted by molar-refractivity contribution is 7.98. The molecule has 0 spiro atoms. The molecule has 6 heteroatoms. The number of carbonyl (C=O) groups excluding carboxylic acids is 1. The number of carbonyl (C=O) groups is 1. The first kappa shape index (κ1) is 15.8. The van der Waals surface area contributed by atoms with Gasteiger partial charge in [-0.3, -0.25) is 4.79 Å². The Morgan fingerprint density at radius 1 is 1.22 bits per heavy atom. The van der Waals surface area contributed by atoms with E-state index in [9.17, 15) is 4.79 Å². The van der Waals surface area contributed by atoms with Gasteiger partial charge in [-0.05, 0) is 30.5 Å². The second kappa shape index (κ2) is 7.02. The van der Waals surface area contributed by atoms with E-state index >= 15 is 0 Å². The predicted octanol–water partition coefficient (Wildman–Crippen LogP) is 4.06. The van der Waals surface area contributed by atoms with Gasteiger partial charge in [-0.25, -0.2) is 4.98 Å². The first-order chi connectivity index (χ1) is 11.2. The van der Waals surface area contributed by atoms with E-state index in [1.165, 1.54) is 11.3 Å². The summed E-state index contributed by atoms with van der Waals surface area (Å²) < 4.78 is 6.63. The summed E-state index contributed by atoms with van der Waals surface area (Å²) in [6, 6.07) is 15.6. The Bertz CT molecular complexity index is 799. The fraction of sp³-hybridized carbons (Fsp3) is 0.176. The van der Waals surface area contributed by atoms with Crippen molar-refractivity contribution < 1.29 is 9.53 Å². The van der Waals surface area contributed by atoms with Gasteiger partial charge in [-0.2, -0.15) is 0 Å². The van der Waals surface area contributed by atoms with E-state index in [2.05, 4.69) is 4.98 Å². The first-order valence-electron chi connectivity index (χ1n) is 7.07. The van der Waals surface area contributed by atoms with Crippen LogP contribution in [0.15, 0.2) is 53.4 Å². The summed E-state index contributed by atoms with van der Waals surface area (Å²) in [7, 11) is 1.76. The van der Waals surface area contributed by atoms with E-state index in [0.717, 1.165) is 20.8 Å². The summed E-state index contributed by atoms with van der Waals surface area (Å²) in [5.41, 5.74) is 1.78. The Morgan fingerprint density at radius 3 is 2.74 bits per heavy atom. The van der Waals surface area contributed by atoms with Gasteiger partial charge in [-0.1, -0.05) is 35.6 Å². The average Bonchev–Trinajstić information content (AvgIpc) is 3.01. The molecule has 0 saturated heterocycles. The molecule has 1 heterocycles. The van der Waals surface area contributed by atoms with Crippen LogP contribution in [0.3, 0.4) is 0 Å². The van der Waals surface area contributed by atoms with Crippen molar-refractivity contribution in [1.29, 1.82) is 0 Å². The van der Waals surface area contributed by atoms with Crippen molar-refractivity contribution in [2.24, 2.45) is 0 Å². The van der Waals surface area contributed by atoms with Gasteiger partial charge in [0.15, 0.2) is 6.61 Å². The summed E-state index contributed by atoms with van der Waals surface area (Å²) in [5, 5.41) is 0.520. The maximum Gasteiger partial charge on any atom is 0.274 e. The van der Waals surface area contributed by atoms with Gasteiger partial charge < -0.3 is 9.64 Å². The van der Waals surface area contributed by atoms with Crippen LogP contribution in [0.4, 0.5) is 5.69 Å². The van der Waals surface area contributed by atoms with Crippen molar-refractivity contribution in [1.82, 2.24) is 4.98 Å². The molecule has 118 valence electrons. The molecule has 0 saturated carbocycles. The van der Waals surface area contributed by atoms with Gasteiger partial charge in [0.2, 0.25) is 0 Å². The zero-order valence-electron chi connectivity index (χ0n) is 12.9. The average molecular weight is 344 g/mol. The standard InChI is InChI=1S/C17H16N2O2S2/c1-19(13-8-4-6-10-15(13)22-2)16(20)11-21-17-18-12-7-3-5-9-14(12)23-17/h3-10H,11H2,1-2H3. The minimum absolute atomic E-state index is 0.0287. The number of ether oxygens (including phenoxy) is 1. The molecule has 3 aromatic rings. The molecule has 0 radical (unpaired) electrons. The van der Waals surface area contributed by atoms with Gasteiger partial charge in [0.1, 0.15) is 0 Å². The van der Waals surface area contributed by atoms with Crippen molar-refractivity contribution in [2.75, 3.05) is 24.8 Å². The van der Waals surface area contributed by atoms with Gasteiger partial charge in [0, 0.05) is 11.9 Å². The maximum absolute atomic E-state index is 12.4. The number of benzene rings is 2. The summed E-state index contributed by atoms with van der Waals surface area (Å²) in [6.07, 6.45) is 1.99. The van der Waals surface area contributed by atoms with Crippen molar-refractivity contribution >= 4 is 44.9 Å². The Morgan fingerprint density at radius 2 is 1.96 bits per heavy atom. The topological polar surface area (TPSA) is 42.4 Å². The van der Waals surface area contributed by atoms with Gasteiger partial charge in [0.25, 0.3) is 11.1 Å². The smallest absolute Gasteiger partial charge is 0.274 e. The normalized spacial score (nSPS) is 10.7. The SMILES string of the molecule is CSc1ccccc1N(C)C(=O)COc1nc2ccccc2s1. The fourth-order valence-corrected chi connectivity index (χ4v) is 3.62. The Labute approximate surface area is 143 Å². The number of hydrogen-bond donors (Lipinski definition) is 0. The van der Waals surface area contributed by atoms with Crippen molar-refractivity contribution in [3.8, 4) is 5.19 Å². The minimum Gasteiger partial charge on any atom is -0.460 e. The number of thiazole rings is 1.